The van der Waals surface area contributed by atoms with Crippen LogP contribution in [0.4, 0.5) is 5.82 Å². The number of ether oxygens (including phenoxy) is 1. The van der Waals surface area contributed by atoms with Crippen LogP contribution in [0.2, 0.25) is 0 Å². The molecule has 1 rings (SSSR count). The number of amides is 1. The lowest BCUT2D eigenvalue weighted by Gasteiger charge is -2.06. The standard InChI is InChI=1S/C16H28N4O4/c1-2-3-4-5-6-7-12-24-13-8-10-17-16(21)14-19-11-9-15(18-19)20(22)23/h9,11H,2-8,10,12-14H2,1H3,(H,17,21). The van der Waals surface area contributed by atoms with Gasteiger partial charge in [-0.25, -0.2) is 0 Å². The molecule has 0 saturated heterocycles. The van der Waals surface area contributed by atoms with Gasteiger partial charge in [-0.2, -0.15) is 4.68 Å². The highest BCUT2D eigenvalue weighted by Crippen LogP contribution is 2.05. The lowest BCUT2D eigenvalue weighted by Crippen LogP contribution is -2.29. The fourth-order valence-corrected chi connectivity index (χ4v) is 2.23. The first kappa shape index (κ1) is 20.1. The van der Waals surface area contributed by atoms with Crippen molar-refractivity contribution in [2.24, 2.45) is 0 Å². The van der Waals surface area contributed by atoms with Crippen molar-refractivity contribution >= 4 is 11.7 Å². The van der Waals surface area contributed by atoms with Gasteiger partial charge in [0.25, 0.3) is 0 Å². The monoisotopic (exact) mass is 340 g/mol. The second-order valence-corrected chi connectivity index (χ2v) is 5.71. The SMILES string of the molecule is CCCCCCCCOCCCNC(=O)Cn1ccc([N+](=O)[O-])n1. The van der Waals surface area contributed by atoms with E-state index in [1.54, 1.807) is 0 Å². The number of carbonyl (C=O) groups excluding carboxylic acids is 1. The van der Waals surface area contributed by atoms with Gasteiger partial charge in [0.15, 0.2) is 0 Å². The molecule has 1 amide bonds. The van der Waals surface area contributed by atoms with Gasteiger partial charge < -0.3 is 20.2 Å². The van der Waals surface area contributed by atoms with Crippen molar-refractivity contribution in [2.45, 2.75) is 58.4 Å². The van der Waals surface area contributed by atoms with Gasteiger partial charge in [-0.1, -0.05) is 39.0 Å². The van der Waals surface area contributed by atoms with Crippen LogP contribution in [0.15, 0.2) is 12.3 Å². The summed E-state index contributed by atoms with van der Waals surface area (Å²) in [5, 5.41) is 16.9. The first-order chi connectivity index (χ1) is 11.6. The maximum atomic E-state index is 11.7. The number of hydrogen-bond donors (Lipinski definition) is 1. The molecule has 0 aliphatic rings. The molecule has 1 heterocycles. The summed E-state index contributed by atoms with van der Waals surface area (Å²) in [7, 11) is 0. The van der Waals surface area contributed by atoms with Crippen LogP contribution in [-0.2, 0) is 16.1 Å². The molecule has 0 aliphatic carbocycles. The van der Waals surface area contributed by atoms with Gasteiger partial charge in [0, 0.05) is 19.8 Å². The Labute approximate surface area is 142 Å². The summed E-state index contributed by atoms with van der Waals surface area (Å²) < 4.78 is 6.78. The first-order valence-electron chi connectivity index (χ1n) is 8.65. The van der Waals surface area contributed by atoms with Crippen molar-refractivity contribution in [3.05, 3.63) is 22.4 Å². The van der Waals surface area contributed by atoms with Gasteiger partial charge >= 0.3 is 5.82 Å². The molecule has 0 aliphatic heterocycles. The summed E-state index contributed by atoms with van der Waals surface area (Å²) in [6.07, 6.45) is 9.63. The summed E-state index contributed by atoms with van der Waals surface area (Å²) in [5.74, 6) is -0.477. The second-order valence-electron chi connectivity index (χ2n) is 5.71. The average Bonchev–Trinajstić information content (AvgIpc) is 3.01. The normalized spacial score (nSPS) is 10.7. The van der Waals surface area contributed by atoms with E-state index in [0.717, 1.165) is 19.4 Å². The molecule has 0 saturated carbocycles. The van der Waals surface area contributed by atoms with Crippen molar-refractivity contribution in [1.29, 1.82) is 0 Å². The minimum Gasteiger partial charge on any atom is -0.381 e. The van der Waals surface area contributed by atoms with E-state index in [2.05, 4.69) is 17.3 Å². The lowest BCUT2D eigenvalue weighted by atomic mass is 10.1. The van der Waals surface area contributed by atoms with Crippen LogP contribution in [0.25, 0.3) is 0 Å². The van der Waals surface area contributed by atoms with Gasteiger partial charge in [0.05, 0.1) is 17.4 Å². The quantitative estimate of drug-likeness (QED) is 0.319. The van der Waals surface area contributed by atoms with Crippen LogP contribution in [-0.4, -0.2) is 40.4 Å². The molecule has 0 radical (unpaired) electrons. The molecule has 1 aromatic rings. The van der Waals surface area contributed by atoms with Crippen LogP contribution in [0.1, 0.15) is 51.9 Å². The summed E-state index contributed by atoms with van der Waals surface area (Å²) >= 11 is 0. The molecule has 0 aromatic carbocycles. The Morgan fingerprint density at radius 1 is 1.25 bits per heavy atom. The van der Waals surface area contributed by atoms with Crippen molar-refractivity contribution in [1.82, 2.24) is 15.1 Å². The molecular weight excluding hydrogens is 312 g/mol. The largest absolute Gasteiger partial charge is 0.389 e. The second kappa shape index (κ2) is 12.5. The fourth-order valence-electron chi connectivity index (χ4n) is 2.23. The number of carbonyl (C=O) groups is 1. The number of nitrogens with one attached hydrogen (secondary N) is 1. The zero-order valence-electron chi connectivity index (χ0n) is 14.4. The molecule has 8 heteroatoms. The molecule has 0 atom stereocenters. The number of aromatic nitrogens is 2. The van der Waals surface area contributed by atoms with E-state index in [9.17, 15) is 14.9 Å². The van der Waals surface area contributed by atoms with E-state index in [1.165, 1.54) is 49.0 Å². The van der Waals surface area contributed by atoms with Crippen molar-refractivity contribution in [3.63, 3.8) is 0 Å². The third-order valence-corrected chi connectivity index (χ3v) is 3.55. The molecule has 1 aromatic heterocycles. The van der Waals surface area contributed by atoms with Gasteiger partial charge in [-0.3, -0.25) is 4.79 Å². The highest BCUT2D eigenvalue weighted by Gasteiger charge is 2.12. The zero-order valence-corrected chi connectivity index (χ0v) is 14.4. The van der Waals surface area contributed by atoms with Gasteiger partial charge in [0.1, 0.15) is 6.54 Å². The van der Waals surface area contributed by atoms with Crippen LogP contribution < -0.4 is 5.32 Å². The highest BCUT2D eigenvalue weighted by atomic mass is 16.6. The van der Waals surface area contributed by atoms with Gasteiger partial charge in [-0.15, -0.1) is 0 Å². The number of unbranched alkanes of at least 4 members (excludes halogenated alkanes) is 5. The number of nitrogens with zero attached hydrogens (tertiary/aromatic N) is 3. The van der Waals surface area contributed by atoms with E-state index < -0.39 is 4.92 Å². The van der Waals surface area contributed by atoms with Gasteiger partial charge in [-0.05, 0) is 17.8 Å². The predicted molar refractivity (Wildman–Crippen MR) is 90.7 cm³/mol. The van der Waals surface area contributed by atoms with Crippen molar-refractivity contribution in [3.8, 4) is 0 Å². The maximum Gasteiger partial charge on any atom is 0.389 e. The van der Waals surface area contributed by atoms with Crippen LogP contribution in [0.5, 0.6) is 0 Å². The molecule has 0 spiro atoms. The van der Waals surface area contributed by atoms with E-state index in [4.69, 9.17) is 4.74 Å². The maximum absolute atomic E-state index is 11.7. The van der Waals surface area contributed by atoms with E-state index >= 15 is 0 Å². The predicted octanol–water partition coefficient (Wildman–Crippen LogP) is 2.67. The average molecular weight is 340 g/mol. The Balaban J connectivity index is 1.95. The first-order valence-corrected chi connectivity index (χ1v) is 8.65. The Hall–Kier alpha value is -1.96. The fraction of sp³-hybridized carbons (Fsp3) is 0.750. The molecule has 0 unspecified atom stereocenters. The highest BCUT2D eigenvalue weighted by molar-refractivity contribution is 5.75. The van der Waals surface area contributed by atoms with E-state index in [0.29, 0.717) is 13.2 Å². The number of hydrogen-bond acceptors (Lipinski definition) is 5. The lowest BCUT2D eigenvalue weighted by molar-refractivity contribution is -0.389. The minimum absolute atomic E-state index is 0.0214. The third-order valence-electron chi connectivity index (χ3n) is 3.55. The molecular formula is C16H28N4O4. The van der Waals surface area contributed by atoms with Crippen LogP contribution >= 0.6 is 0 Å². The summed E-state index contributed by atoms with van der Waals surface area (Å²) in [5.41, 5.74) is 0. The zero-order chi connectivity index (χ0) is 17.6. The van der Waals surface area contributed by atoms with Crippen LogP contribution in [0.3, 0.4) is 0 Å². The van der Waals surface area contributed by atoms with E-state index in [-0.39, 0.29) is 18.3 Å². The Bertz CT molecular complexity index is 490. The molecule has 1 N–H and O–H groups in total. The third kappa shape index (κ3) is 9.24. The van der Waals surface area contributed by atoms with Crippen molar-refractivity contribution in [2.75, 3.05) is 19.8 Å². The smallest absolute Gasteiger partial charge is 0.381 e. The Morgan fingerprint density at radius 3 is 2.67 bits per heavy atom. The minimum atomic E-state index is -0.588. The summed E-state index contributed by atoms with van der Waals surface area (Å²) in [4.78, 5) is 21.6. The summed E-state index contributed by atoms with van der Waals surface area (Å²) in [6.45, 7) is 4.12. The van der Waals surface area contributed by atoms with Gasteiger partial charge in [0.2, 0.25) is 5.91 Å². The van der Waals surface area contributed by atoms with Crippen molar-refractivity contribution < 1.29 is 14.5 Å². The number of nitro groups is 1. The molecule has 8 nitrogen and oxygen atoms in total. The Morgan fingerprint density at radius 2 is 1.96 bits per heavy atom. The molecule has 0 bridgehead atoms. The number of rotatable bonds is 14. The summed E-state index contributed by atoms with van der Waals surface area (Å²) in [6, 6.07) is 1.27. The van der Waals surface area contributed by atoms with Crippen LogP contribution in [0, 0.1) is 10.1 Å². The Kier molecular flexibility index (Phi) is 10.4. The molecule has 24 heavy (non-hydrogen) atoms. The topological polar surface area (TPSA) is 99.3 Å². The molecule has 136 valence electrons. The molecule has 0 fully saturated rings. The van der Waals surface area contributed by atoms with E-state index in [1.807, 2.05) is 0 Å².